The Labute approximate surface area is 70.8 Å². The van der Waals surface area contributed by atoms with Crippen LogP contribution in [0, 0.1) is 5.41 Å². The topological polar surface area (TPSA) is 20.2 Å². The molecule has 0 aromatic rings. The molecular weight excluding hydrogens is 136 g/mol. The van der Waals surface area contributed by atoms with Crippen molar-refractivity contribution < 1.29 is 5.11 Å². The largest absolute Gasteiger partial charge is 0.390 e. The summed E-state index contributed by atoms with van der Waals surface area (Å²) in [6, 6.07) is 0. The normalized spacial score (nSPS) is 13.6. The van der Waals surface area contributed by atoms with E-state index in [1.54, 1.807) is 0 Å². The second kappa shape index (κ2) is 3.57. The molecule has 0 saturated heterocycles. The lowest BCUT2D eigenvalue weighted by Gasteiger charge is -2.37. The van der Waals surface area contributed by atoms with Gasteiger partial charge in [-0.3, -0.25) is 0 Å². The van der Waals surface area contributed by atoms with Gasteiger partial charge in [0.1, 0.15) is 0 Å². The van der Waals surface area contributed by atoms with Gasteiger partial charge in [-0.2, -0.15) is 0 Å². The molecule has 0 fully saturated rings. The summed E-state index contributed by atoms with van der Waals surface area (Å²) >= 11 is 0. The number of hydrogen-bond acceptors (Lipinski definition) is 1. The summed E-state index contributed by atoms with van der Waals surface area (Å²) in [7, 11) is 0. The third kappa shape index (κ3) is 3.24. The van der Waals surface area contributed by atoms with Crippen molar-refractivity contribution in [3.8, 4) is 0 Å². The van der Waals surface area contributed by atoms with Crippen molar-refractivity contribution in [2.24, 2.45) is 5.41 Å². The van der Waals surface area contributed by atoms with E-state index >= 15 is 0 Å². The van der Waals surface area contributed by atoms with Gasteiger partial charge in [-0.15, -0.1) is 0 Å². The smallest absolute Gasteiger partial charge is 0.0642 e. The third-order valence-corrected chi connectivity index (χ3v) is 2.81. The molecule has 11 heavy (non-hydrogen) atoms. The van der Waals surface area contributed by atoms with E-state index in [0.29, 0.717) is 0 Å². The van der Waals surface area contributed by atoms with Gasteiger partial charge in [0.15, 0.2) is 0 Å². The number of unbranched alkanes of at least 4 members (excludes halogenated alkanes) is 1. The molecule has 0 aliphatic heterocycles. The highest BCUT2D eigenvalue weighted by Crippen LogP contribution is 2.35. The van der Waals surface area contributed by atoms with Gasteiger partial charge in [0.2, 0.25) is 0 Å². The monoisotopic (exact) mass is 158 g/mol. The van der Waals surface area contributed by atoms with E-state index in [1.807, 2.05) is 13.8 Å². The Bertz CT molecular complexity index is 109. The molecule has 1 heteroatoms. The summed E-state index contributed by atoms with van der Waals surface area (Å²) in [5.41, 5.74) is -0.509. The summed E-state index contributed by atoms with van der Waals surface area (Å²) in [6.45, 7) is 10.2. The second-order valence-electron chi connectivity index (χ2n) is 4.55. The fourth-order valence-corrected chi connectivity index (χ4v) is 0.925. The van der Waals surface area contributed by atoms with Gasteiger partial charge in [0, 0.05) is 0 Å². The van der Waals surface area contributed by atoms with Gasteiger partial charge in [0.05, 0.1) is 5.60 Å². The quantitative estimate of drug-likeness (QED) is 0.667. The van der Waals surface area contributed by atoms with Crippen LogP contribution in [0.25, 0.3) is 0 Å². The lowest BCUT2D eigenvalue weighted by molar-refractivity contribution is -0.0403. The van der Waals surface area contributed by atoms with Crippen LogP contribution in [0.5, 0.6) is 0 Å². The van der Waals surface area contributed by atoms with Crippen LogP contribution < -0.4 is 0 Å². The molecule has 0 aromatic heterocycles. The molecule has 1 N–H and O–H groups in total. The lowest BCUT2D eigenvalue weighted by Crippen LogP contribution is -2.38. The maximum atomic E-state index is 9.77. The molecule has 0 aromatic carbocycles. The molecule has 0 heterocycles. The van der Waals surface area contributed by atoms with E-state index in [4.69, 9.17) is 0 Å². The van der Waals surface area contributed by atoms with Crippen molar-refractivity contribution in [1.29, 1.82) is 0 Å². The molecule has 0 bridgehead atoms. The number of rotatable bonds is 4. The molecule has 0 atom stereocenters. The Morgan fingerprint density at radius 3 is 1.82 bits per heavy atom. The predicted molar refractivity (Wildman–Crippen MR) is 49.6 cm³/mol. The highest BCUT2D eigenvalue weighted by Gasteiger charge is 2.33. The van der Waals surface area contributed by atoms with Crippen LogP contribution in [0.1, 0.15) is 53.9 Å². The Morgan fingerprint density at radius 2 is 1.55 bits per heavy atom. The molecule has 0 spiro atoms. The van der Waals surface area contributed by atoms with Crippen LogP contribution in [-0.4, -0.2) is 10.7 Å². The highest BCUT2D eigenvalue weighted by molar-refractivity contribution is 4.85. The van der Waals surface area contributed by atoms with Crippen LogP contribution in [0.15, 0.2) is 0 Å². The molecule has 0 aliphatic carbocycles. The van der Waals surface area contributed by atoms with Crippen molar-refractivity contribution >= 4 is 0 Å². The average Bonchev–Trinajstić information content (AvgIpc) is 1.81. The highest BCUT2D eigenvalue weighted by atomic mass is 16.3. The molecule has 1 nitrogen and oxygen atoms in total. The minimum absolute atomic E-state index is 0.0447. The zero-order valence-corrected chi connectivity index (χ0v) is 8.57. The molecule has 0 radical (unpaired) electrons. The van der Waals surface area contributed by atoms with Crippen LogP contribution in [0.3, 0.4) is 0 Å². The van der Waals surface area contributed by atoms with Gasteiger partial charge in [-0.05, 0) is 25.7 Å². The van der Waals surface area contributed by atoms with Crippen LogP contribution in [0.2, 0.25) is 0 Å². The zero-order valence-electron chi connectivity index (χ0n) is 8.57. The third-order valence-electron chi connectivity index (χ3n) is 2.81. The van der Waals surface area contributed by atoms with Gasteiger partial charge in [0.25, 0.3) is 0 Å². The maximum Gasteiger partial charge on any atom is 0.0642 e. The lowest BCUT2D eigenvalue weighted by atomic mass is 9.74. The average molecular weight is 158 g/mol. The van der Waals surface area contributed by atoms with E-state index in [-0.39, 0.29) is 5.41 Å². The maximum absolute atomic E-state index is 9.77. The van der Waals surface area contributed by atoms with Crippen molar-refractivity contribution in [3.05, 3.63) is 0 Å². The summed E-state index contributed by atoms with van der Waals surface area (Å²) in [5.74, 6) is 0. The molecule has 68 valence electrons. The van der Waals surface area contributed by atoms with E-state index in [9.17, 15) is 5.11 Å². The van der Waals surface area contributed by atoms with Crippen molar-refractivity contribution in [2.75, 3.05) is 0 Å². The van der Waals surface area contributed by atoms with Crippen molar-refractivity contribution in [3.63, 3.8) is 0 Å². The predicted octanol–water partition coefficient (Wildman–Crippen LogP) is 2.97. The molecule has 0 amide bonds. The zero-order chi connectivity index (χ0) is 9.12. The van der Waals surface area contributed by atoms with Gasteiger partial charge >= 0.3 is 0 Å². The fourth-order valence-electron chi connectivity index (χ4n) is 0.925. The summed E-state index contributed by atoms with van der Waals surface area (Å²) in [5, 5.41) is 9.77. The van der Waals surface area contributed by atoms with Crippen molar-refractivity contribution in [2.45, 2.75) is 59.5 Å². The first-order valence-electron chi connectivity index (χ1n) is 4.53. The standard InChI is InChI=1S/C10H22O/c1-6-7-8-9(2,3)10(4,5)11/h11H,6-8H2,1-5H3. The molecular formula is C10H22O. The van der Waals surface area contributed by atoms with E-state index < -0.39 is 5.60 Å². The van der Waals surface area contributed by atoms with Gasteiger partial charge in [-0.1, -0.05) is 33.6 Å². The first-order valence-corrected chi connectivity index (χ1v) is 4.53. The van der Waals surface area contributed by atoms with Gasteiger partial charge < -0.3 is 5.11 Å². The van der Waals surface area contributed by atoms with Crippen LogP contribution >= 0.6 is 0 Å². The van der Waals surface area contributed by atoms with E-state index in [2.05, 4.69) is 20.8 Å². The number of hydrogen-bond donors (Lipinski definition) is 1. The van der Waals surface area contributed by atoms with E-state index in [0.717, 1.165) is 6.42 Å². The Hall–Kier alpha value is -0.0400. The summed E-state index contributed by atoms with van der Waals surface area (Å²) < 4.78 is 0. The number of aliphatic hydroxyl groups is 1. The molecule has 0 rings (SSSR count). The van der Waals surface area contributed by atoms with Crippen molar-refractivity contribution in [1.82, 2.24) is 0 Å². The first kappa shape index (κ1) is 11.0. The van der Waals surface area contributed by atoms with Crippen LogP contribution in [-0.2, 0) is 0 Å². The Balaban J connectivity index is 4.00. The Morgan fingerprint density at radius 1 is 1.09 bits per heavy atom. The Kier molecular flexibility index (Phi) is 3.56. The fraction of sp³-hybridized carbons (Fsp3) is 1.00. The molecule has 0 aliphatic rings. The summed E-state index contributed by atoms with van der Waals surface area (Å²) in [6.07, 6.45) is 3.52. The van der Waals surface area contributed by atoms with Crippen LogP contribution in [0.4, 0.5) is 0 Å². The minimum atomic E-state index is -0.553. The molecule has 0 saturated carbocycles. The second-order valence-corrected chi connectivity index (χ2v) is 4.55. The minimum Gasteiger partial charge on any atom is -0.390 e. The molecule has 0 unspecified atom stereocenters. The van der Waals surface area contributed by atoms with Gasteiger partial charge in [-0.25, -0.2) is 0 Å². The van der Waals surface area contributed by atoms with E-state index in [1.165, 1.54) is 12.8 Å². The summed E-state index contributed by atoms with van der Waals surface area (Å²) in [4.78, 5) is 0. The SMILES string of the molecule is CCCCC(C)(C)C(C)(C)O. The first-order chi connectivity index (χ1) is 4.81.